The van der Waals surface area contributed by atoms with E-state index in [1.165, 1.54) is 23.3 Å². The quantitative estimate of drug-likeness (QED) is 0.623. The van der Waals surface area contributed by atoms with Crippen LogP contribution in [0, 0.1) is 0 Å². The number of ether oxygens (including phenoxy) is 2. The second-order valence-corrected chi connectivity index (χ2v) is 8.23. The molecule has 1 unspecified atom stereocenters. The zero-order chi connectivity index (χ0) is 21.0. The van der Waals surface area contributed by atoms with Gasteiger partial charge in [-0.2, -0.15) is 0 Å². The number of benzene rings is 1. The van der Waals surface area contributed by atoms with Gasteiger partial charge in [0.1, 0.15) is 6.04 Å². The van der Waals surface area contributed by atoms with Crippen LogP contribution in [0.4, 0.5) is 4.79 Å². The third kappa shape index (κ3) is 4.74. The Balaban J connectivity index is 1.80. The van der Waals surface area contributed by atoms with Crippen LogP contribution < -0.4 is 4.74 Å². The molecule has 6 nitrogen and oxygen atoms in total. The summed E-state index contributed by atoms with van der Waals surface area (Å²) in [5.41, 5.74) is 1.79. The molecule has 0 radical (unpaired) electrons. The van der Waals surface area contributed by atoms with Crippen LogP contribution in [0.5, 0.6) is 5.06 Å². The highest BCUT2D eigenvalue weighted by Crippen LogP contribution is 2.37. The number of halogens is 1. The van der Waals surface area contributed by atoms with E-state index in [1.54, 1.807) is 11.0 Å². The molecule has 8 heteroatoms. The first-order chi connectivity index (χ1) is 14.0. The number of rotatable bonds is 6. The van der Waals surface area contributed by atoms with Crippen LogP contribution in [0.1, 0.15) is 35.9 Å². The molecular weight excluding hydrogens is 412 g/mol. The molecule has 1 aromatic carbocycles. The van der Waals surface area contributed by atoms with Crippen molar-refractivity contribution in [3.63, 3.8) is 0 Å². The lowest BCUT2D eigenvalue weighted by atomic mass is 10.0. The van der Waals surface area contributed by atoms with Crippen molar-refractivity contribution in [3.05, 3.63) is 51.4 Å². The molecule has 2 aromatic rings. The molecule has 0 aliphatic carbocycles. The summed E-state index contributed by atoms with van der Waals surface area (Å²) >= 11 is 7.85. The average molecular weight is 437 g/mol. The SMILES string of the molecule is CCN(CC)C(=O)Oc1cc2c(s1)CCN(C(C(=O)OC)c1ccccc1Cl)C2. The van der Waals surface area contributed by atoms with Gasteiger partial charge in [0.2, 0.25) is 0 Å². The van der Waals surface area contributed by atoms with E-state index in [9.17, 15) is 9.59 Å². The average Bonchev–Trinajstić information content (AvgIpc) is 3.11. The number of methoxy groups -OCH3 is 1. The van der Waals surface area contributed by atoms with Crippen LogP contribution >= 0.6 is 22.9 Å². The van der Waals surface area contributed by atoms with Gasteiger partial charge < -0.3 is 14.4 Å². The Labute approximate surface area is 180 Å². The molecule has 1 amide bonds. The summed E-state index contributed by atoms with van der Waals surface area (Å²) in [6, 6.07) is 8.64. The van der Waals surface area contributed by atoms with E-state index in [0.717, 1.165) is 17.5 Å². The molecule has 2 heterocycles. The molecule has 0 saturated heterocycles. The molecule has 0 fully saturated rings. The normalized spacial score (nSPS) is 14.8. The van der Waals surface area contributed by atoms with E-state index in [-0.39, 0.29) is 12.1 Å². The Morgan fingerprint density at radius 1 is 1.28 bits per heavy atom. The van der Waals surface area contributed by atoms with E-state index >= 15 is 0 Å². The van der Waals surface area contributed by atoms with E-state index in [4.69, 9.17) is 21.1 Å². The summed E-state index contributed by atoms with van der Waals surface area (Å²) in [5.74, 6) is -0.343. The van der Waals surface area contributed by atoms with Crippen LogP contribution in [0.25, 0.3) is 0 Å². The maximum atomic E-state index is 12.6. The summed E-state index contributed by atoms with van der Waals surface area (Å²) < 4.78 is 10.6. The molecule has 1 atom stereocenters. The number of carbonyl (C=O) groups is 2. The fourth-order valence-corrected chi connectivity index (χ4v) is 4.76. The second-order valence-electron chi connectivity index (χ2n) is 6.72. The van der Waals surface area contributed by atoms with E-state index in [1.807, 2.05) is 38.1 Å². The van der Waals surface area contributed by atoms with Crippen molar-refractivity contribution in [2.75, 3.05) is 26.7 Å². The van der Waals surface area contributed by atoms with Crippen LogP contribution in [-0.2, 0) is 22.5 Å². The zero-order valence-corrected chi connectivity index (χ0v) is 18.4. The van der Waals surface area contributed by atoms with E-state index in [0.29, 0.717) is 36.3 Å². The fraction of sp³-hybridized carbons (Fsp3) is 0.429. The number of esters is 1. The topological polar surface area (TPSA) is 59.1 Å². The largest absolute Gasteiger partial charge is 0.468 e. The molecule has 156 valence electrons. The monoisotopic (exact) mass is 436 g/mol. The Bertz CT molecular complexity index is 881. The fourth-order valence-electron chi connectivity index (χ4n) is 3.51. The van der Waals surface area contributed by atoms with Gasteiger partial charge in [-0.05, 0) is 43.5 Å². The lowest BCUT2D eigenvalue weighted by Crippen LogP contribution is -2.38. The van der Waals surface area contributed by atoms with Gasteiger partial charge in [0.15, 0.2) is 5.06 Å². The molecule has 1 aromatic heterocycles. The number of carbonyl (C=O) groups excluding carboxylic acids is 2. The highest BCUT2D eigenvalue weighted by Gasteiger charge is 2.33. The summed E-state index contributed by atoms with van der Waals surface area (Å²) in [7, 11) is 1.39. The van der Waals surface area contributed by atoms with Gasteiger partial charge in [-0.3, -0.25) is 4.90 Å². The predicted octanol–water partition coefficient (Wildman–Crippen LogP) is 4.51. The van der Waals surface area contributed by atoms with Gasteiger partial charge in [-0.1, -0.05) is 29.8 Å². The molecule has 0 bridgehead atoms. The highest BCUT2D eigenvalue weighted by molar-refractivity contribution is 7.14. The second kappa shape index (κ2) is 9.61. The summed E-state index contributed by atoms with van der Waals surface area (Å²) in [5, 5.41) is 1.12. The summed E-state index contributed by atoms with van der Waals surface area (Å²) in [4.78, 5) is 29.7. The smallest absolute Gasteiger partial charge is 0.416 e. The minimum atomic E-state index is -0.580. The Morgan fingerprint density at radius 2 is 2.00 bits per heavy atom. The maximum absolute atomic E-state index is 12.6. The minimum absolute atomic E-state index is 0.339. The van der Waals surface area contributed by atoms with Gasteiger partial charge in [-0.15, -0.1) is 11.3 Å². The summed E-state index contributed by atoms with van der Waals surface area (Å²) in [6.07, 6.45) is 0.426. The van der Waals surface area contributed by atoms with Crippen LogP contribution in [0.2, 0.25) is 5.02 Å². The van der Waals surface area contributed by atoms with Crippen molar-refractivity contribution in [3.8, 4) is 5.06 Å². The number of thiophene rings is 1. The standard InChI is InChI=1S/C21H25ClN2O4S/c1-4-23(5-2)21(26)28-18-12-14-13-24(11-10-17(14)29-18)19(20(25)27-3)15-8-6-7-9-16(15)22/h6-9,12,19H,4-5,10-11,13H2,1-3H3. The molecule has 0 spiro atoms. The first-order valence-corrected chi connectivity index (χ1v) is 10.8. The van der Waals surface area contributed by atoms with E-state index < -0.39 is 6.04 Å². The minimum Gasteiger partial charge on any atom is -0.468 e. The number of fused-ring (bicyclic) bond motifs is 1. The van der Waals surface area contributed by atoms with Gasteiger partial charge in [0.05, 0.1) is 7.11 Å². The van der Waals surface area contributed by atoms with Crippen LogP contribution in [0.3, 0.4) is 0 Å². The van der Waals surface area contributed by atoms with E-state index in [2.05, 4.69) is 4.90 Å². The molecular formula is C21H25ClN2O4S. The molecule has 0 saturated carbocycles. The molecule has 29 heavy (non-hydrogen) atoms. The van der Waals surface area contributed by atoms with Crippen molar-refractivity contribution in [2.45, 2.75) is 32.9 Å². The van der Waals surface area contributed by atoms with Crippen LogP contribution in [0.15, 0.2) is 30.3 Å². The van der Waals surface area contributed by atoms with Crippen LogP contribution in [-0.4, -0.2) is 48.6 Å². The highest BCUT2D eigenvalue weighted by atomic mass is 35.5. The third-order valence-corrected chi connectivity index (χ3v) is 6.53. The van der Waals surface area contributed by atoms with Crippen molar-refractivity contribution in [2.24, 2.45) is 0 Å². The number of hydrogen-bond acceptors (Lipinski definition) is 6. The lowest BCUT2D eigenvalue weighted by molar-refractivity contribution is -0.147. The number of nitrogens with zero attached hydrogens (tertiary/aromatic N) is 2. The number of hydrogen-bond donors (Lipinski definition) is 0. The van der Waals surface area contributed by atoms with Crippen molar-refractivity contribution in [1.29, 1.82) is 0 Å². The molecule has 3 rings (SSSR count). The lowest BCUT2D eigenvalue weighted by Gasteiger charge is -2.33. The Morgan fingerprint density at radius 3 is 2.66 bits per heavy atom. The van der Waals surface area contributed by atoms with Gasteiger partial charge in [-0.25, -0.2) is 9.59 Å². The molecule has 0 N–H and O–H groups in total. The number of amides is 1. The Kier molecular flexibility index (Phi) is 7.16. The van der Waals surface area contributed by atoms with Crippen molar-refractivity contribution < 1.29 is 19.1 Å². The summed E-state index contributed by atoms with van der Waals surface area (Å²) in [6.45, 7) is 6.29. The van der Waals surface area contributed by atoms with Crippen molar-refractivity contribution in [1.82, 2.24) is 9.80 Å². The molecule has 1 aliphatic heterocycles. The molecule has 1 aliphatic rings. The van der Waals surface area contributed by atoms with Crippen molar-refractivity contribution >= 4 is 35.0 Å². The predicted molar refractivity (Wildman–Crippen MR) is 114 cm³/mol. The van der Waals surface area contributed by atoms with Gasteiger partial charge in [0, 0.05) is 36.1 Å². The first kappa shape index (κ1) is 21.6. The van der Waals surface area contributed by atoms with Gasteiger partial charge in [0.25, 0.3) is 0 Å². The Hall–Kier alpha value is -2.09. The first-order valence-electron chi connectivity index (χ1n) is 9.63. The maximum Gasteiger partial charge on any atom is 0.416 e. The van der Waals surface area contributed by atoms with Gasteiger partial charge >= 0.3 is 12.1 Å². The zero-order valence-electron chi connectivity index (χ0n) is 16.8. The third-order valence-electron chi connectivity index (χ3n) is 5.07.